The van der Waals surface area contributed by atoms with Crippen LogP contribution in [0, 0.1) is 12.7 Å². The zero-order valence-corrected chi connectivity index (χ0v) is 8.26. The van der Waals surface area contributed by atoms with Crippen molar-refractivity contribution >= 4 is 5.97 Å². The summed E-state index contributed by atoms with van der Waals surface area (Å²) < 4.78 is 22.8. The number of rotatable bonds is 2. The Kier molecular flexibility index (Phi) is 3.06. The molecule has 14 heavy (non-hydrogen) atoms. The normalized spacial score (nSPS) is 9.71. The molecule has 76 valence electrons. The third kappa shape index (κ3) is 2.22. The number of aryl methyl sites for hydroxylation is 1. The molecule has 0 unspecified atom stereocenters. The highest BCUT2D eigenvalue weighted by molar-refractivity contribution is 5.70. The van der Waals surface area contributed by atoms with Gasteiger partial charge in [-0.05, 0) is 18.6 Å². The van der Waals surface area contributed by atoms with E-state index < -0.39 is 11.8 Å². The summed E-state index contributed by atoms with van der Waals surface area (Å²) >= 11 is 0. The molecule has 1 rings (SSSR count). The van der Waals surface area contributed by atoms with Gasteiger partial charge >= 0.3 is 5.97 Å². The highest BCUT2D eigenvalue weighted by Crippen LogP contribution is 2.29. The van der Waals surface area contributed by atoms with Gasteiger partial charge in [0.25, 0.3) is 0 Å². The number of hydrogen-bond acceptors (Lipinski definition) is 3. The van der Waals surface area contributed by atoms with Crippen molar-refractivity contribution in [1.29, 1.82) is 0 Å². The van der Waals surface area contributed by atoms with Gasteiger partial charge in [-0.15, -0.1) is 0 Å². The topological polar surface area (TPSA) is 35.5 Å². The zero-order valence-electron chi connectivity index (χ0n) is 8.26. The van der Waals surface area contributed by atoms with Crippen LogP contribution < -0.4 is 9.47 Å². The lowest BCUT2D eigenvalue weighted by molar-refractivity contribution is -0.132. The molecule has 0 heterocycles. The summed E-state index contributed by atoms with van der Waals surface area (Å²) in [5.41, 5.74) is 0.405. The monoisotopic (exact) mass is 198 g/mol. The summed E-state index contributed by atoms with van der Waals surface area (Å²) in [6, 6.07) is 2.61. The van der Waals surface area contributed by atoms with Gasteiger partial charge in [-0.1, -0.05) is 0 Å². The minimum absolute atomic E-state index is 0.211. The quantitative estimate of drug-likeness (QED) is 0.539. The van der Waals surface area contributed by atoms with E-state index in [9.17, 15) is 9.18 Å². The van der Waals surface area contributed by atoms with Crippen LogP contribution in [-0.4, -0.2) is 13.1 Å². The lowest BCUT2D eigenvalue weighted by atomic mass is 10.2. The Morgan fingerprint density at radius 2 is 2.00 bits per heavy atom. The molecule has 0 N–H and O–H groups in total. The Morgan fingerprint density at radius 3 is 2.50 bits per heavy atom. The van der Waals surface area contributed by atoms with E-state index in [0.717, 1.165) is 0 Å². The number of carbonyl (C=O) groups is 1. The molecule has 1 aromatic rings. The van der Waals surface area contributed by atoms with Gasteiger partial charge in [0, 0.05) is 13.0 Å². The van der Waals surface area contributed by atoms with Crippen LogP contribution >= 0.6 is 0 Å². The highest BCUT2D eigenvalue weighted by Gasteiger charge is 2.10. The molecule has 0 aliphatic heterocycles. The van der Waals surface area contributed by atoms with Crippen molar-refractivity contribution in [3.63, 3.8) is 0 Å². The van der Waals surface area contributed by atoms with E-state index in [-0.39, 0.29) is 11.5 Å². The van der Waals surface area contributed by atoms with E-state index in [0.29, 0.717) is 5.56 Å². The minimum Gasteiger partial charge on any atom is -0.493 e. The molecule has 0 fully saturated rings. The molecule has 0 aromatic heterocycles. The summed E-state index contributed by atoms with van der Waals surface area (Å²) in [6.45, 7) is 2.86. The van der Waals surface area contributed by atoms with Crippen molar-refractivity contribution in [2.24, 2.45) is 0 Å². The Labute approximate surface area is 81.4 Å². The second-order valence-electron chi connectivity index (χ2n) is 2.85. The first-order chi connectivity index (χ1) is 6.54. The second-order valence-corrected chi connectivity index (χ2v) is 2.85. The van der Waals surface area contributed by atoms with Gasteiger partial charge in [-0.2, -0.15) is 0 Å². The molecule has 4 heteroatoms. The van der Waals surface area contributed by atoms with Crippen LogP contribution in [-0.2, 0) is 4.79 Å². The molecule has 0 spiro atoms. The number of esters is 1. The molecule has 1 aromatic carbocycles. The van der Waals surface area contributed by atoms with Gasteiger partial charge in [-0.25, -0.2) is 4.39 Å². The van der Waals surface area contributed by atoms with Gasteiger partial charge < -0.3 is 9.47 Å². The van der Waals surface area contributed by atoms with Crippen LogP contribution in [0.15, 0.2) is 12.1 Å². The van der Waals surface area contributed by atoms with Crippen molar-refractivity contribution in [3.05, 3.63) is 23.5 Å². The molecule has 0 radical (unpaired) electrons. The van der Waals surface area contributed by atoms with Crippen molar-refractivity contribution in [3.8, 4) is 11.5 Å². The molecule has 3 nitrogen and oxygen atoms in total. The SMILES string of the molecule is COc1cc(F)c(C)cc1OC(C)=O. The van der Waals surface area contributed by atoms with Gasteiger partial charge in [0.15, 0.2) is 11.5 Å². The molecular formula is C10H11FO3. The summed E-state index contributed by atoms with van der Waals surface area (Å²) in [5.74, 6) is -0.408. The number of methoxy groups -OCH3 is 1. The first kappa shape index (κ1) is 10.5. The Hall–Kier alpha value is -1.58. The molecule has 0 bridgehead atoms. The third-order valence-corrected chi connectivity index (χ3v) is 1.70. The summed E-state index contributed by atoms with van der Waals surface area (Å²) in [6.07, 6.45) is 0. The van der Waals surface area contributed by atoms with Crippen molar-refractivity contribution < 1.29 is 18.7 Å². The molecule has 0 saturated heterocycles. The van der Waals surface area contributed by atoms with Crippen LogP contribution in [0.3, 0.4) is 0 Å². The Morgan fingerprint density at radius 1 is 1.36 bits per heavy atom. The van der Waals surface area contributed by atoms with E-state index in [1.54, 1.807) is 6.92 Å². The predicted octanol–water partition coefficient (Wildman–Crippen LogP) is 2.07. The van der Waals surface area contributed by atoms with Crippen molar-refractivity contribution in [2.75, 3.05) is 7.11 Å². The maximum Gasteiger partial charge on any atom is 0.308 e. The summed E-state index contributed by atoms with van der Waals surface area (Å²) in [7, 11) is 1.39. The standard InChI is InChI=1S/C10H11FO3/c1-6-4-10(14-7(2)12)9(13-3)5-8(6)11/h4-5H,1-3H3. The first-order valence-electron chi connectivity index (χ1n) is 4.07. The fourth-order valence-corrected chi connectivity index (χ4v) is 1.03. The van der Waals surface area contributed by atoms with Gasteiger partial charge in [0.2, 0.25) is 0 Å². The third-order valence-electron chi connectivity index (χ3n) is 1.70. The average molecular weight is 198 g/mol. The predicted molar refractivity (Wildman–Crippen MR) is 49.0 cm³/mol. The Balaban J connectivity index is 3.13. The average Bonchev–Trinajstić information content (AvgIpc) is 2.10. The number of ether oxygens (including phenoxy) is 2. The lowest BCUT2D eigenvalue weighted by Crippen LogP contribution is -2.03. The maximum absolute atomic E-state index is 13.1. The smallest absolute Gasteiger partial charge is 0.308 e. The van der Waals surface area contributed by atoms with Crippen LogP contribution in [0.1, 0.15) is 12.5 Å². The lowest BCUT2D eigenvalue weighted by Gasteiger charge is -2.08. The maximum atomic E-state index is 13.1. The van der Waals surface area contributed by atoms with E-state index in [1.165, 1.54) is 26.2 Å². The highest BCUT2D eigenvalue weighted by atomic mass is 19.1. The zero-order chi connectivity index (χ0) is 10.7. The second kappa shape index (κ2) is 4.09. The van der Waals surface area contributed by atoms with E-state index in [2.05, 4.69) is 0 Å². The van der Waals surface area contributed by atoms with Gasteiger partial charge in [0.05, 0.1) is 7.11 Å². The number of benzene rings is 1. The minimum atomic E-state index is -0.464. The number of hydrogen-bond donors (Lipinski definition) is 0. The molecule has 0 aliphatic rings. The summed E-state index contributed by atoms with van der Waals surface area (Å²) in [4.78, 5) is 10.7. The summed E-state index contributed by atoms with van der Waals surface area (Å²) in [5, 5.41) is 0. The largest absolute Gasteiger partial charge is 0.493 e. The van der Waals surface area contributed by atoms with Gasteiger partial charge in [0.1, 0.15) is 5.82 Å². The molecular weight excluding hydrogens is 187 g/mol. The number of carbonyl (C=O) groups excluding carboxylic acids is 1. The van der Waals surface area contributed by atoms with Crippen LogP contribution in [0.5, 0.6) is 11.5 Å². The molecule has 0 amide bonds. The molecule has 0 atom stereocenters. The van der Waals surface area contributed by atoms with Crippen LogP contribution in [0.25, 0.3) is 0 Å². The van der Waals surface area contributed by atoms with Gasteiger partial charge in [-0.3, -0.25) is 4.79 Å². The van der Waals surface area contributed by atoms with E-state index >= 15 is 0 Å². The number of halogens is 1. The van der Waals surface area contributed by atoms with Crippen LogP contribution in [0.2, 0.25) is 0 Å². The van der Waals surface area contributed by atoms with Crippen molar-refractivity contribution in [2.45, 2.75) is 13.8 Å². The van der Waals surface area contributed by atoms with E-state index in [4.69, 9.17) is 9.47 Å². The molecule has 0 aliphatic carbocycles. The van der Waals surface area contributed by atoms with Crippen LogP contribution in [0.4, 0.5) is 4.39 Å². The van der Waals surface area contributed by atoms with E-state index in [1.807, 2.05) is 0 Å². The first-order valence-corrected chi connectivity index (χ1v) is 4.07. The fourth-order valence-electron chi connectivity index (χ4n) is 1.03. The Bertz CT molecular complexity index is 361. The fraction of sp³-hybridized carbons (Fsp3) is 0.300. The van der Waals surface area contributed by atoms with Crippen molar-refractivity contribution in [1.82, 2.24) is 0 Å². The molecule has 0 saturated carbocycles.